The molecule has 0 aliphatic carbocycles. The largest absolute Gasteiger partial charge is 0.493 e. The van der Waals surface area contributed by atoms with Crippen molar-refractivity contribution in [2.75, 3.05) is 20.8 Å². The van der Waals surface area contributed by atoms with Gasteiger partial charge in [0.25, 0.3) is 5.89 Å². The van der Waals surface area contributed by atoms with Gasteiger partial charge in [-0.05, 0) is 30.3 Å². The van der Waals surface area contributed by atoms with Gasteiger partial charge in [0.05, 0.1) is 14.2 Å². The zero-order valence-corrected chi connectivity index (χ0v) is 15.8. The standard InChI is InChI=1S/C20H18N2O7/c1-24-13-8-7-12(9-16(13)25-2)19-21-18(29-22-19)11-27-20(23)17-10-26-14-5-3-4-6-15(14)28-17/h3-9,17H,10-11H2,1-2H3. The monoisotopic (exact) mass is 398 g/mol. The molecule has 4 rings (SSSR count). The third kappa shape index (κ3) is 3.93. The predicted molar refractivity (Wildman–Crippen MR) is 99.0 cm³/mol. The summed E-state index contributed by atoms with van der Waals surface area (Å²) >= 11 is 0. The van der Waals surface area contributed by atoms with Gasteiger partial charge in [0.15, 0.2) is 29.6 Å². The topological polar surface area (TPSA) is 102 Å². The normalized spacial score (nSPS) is 14.9. The van der Waals surface area contributed by atoms with Crippen LogP contribution in [-0.4, -0.2) is 43.0 Å². The van der Waals surface area contributed by atoms with E-state index in [1.807, 2.05) is 6.07 Å². The molecule has 1 atom stereocenters. The molecule has 2 heterocycles. The van der Waals surface area contributed by atoms with Crippen LogP contribution in [0.1, 0.15) is 5.89 Å². The van der Waals surface area contributed by atoms with Crippen LogP contribution in [0.4, 0.5) is 0 Å². The van der Waals surface area contributed by atoms with Crippen molar-refractivity contribution in [3.8, 4) is 34.4 Å². The van der Waals surface area contributed by atoms with Gasteiger partial charge in [-0.3, -0.25) is 0 Å². The van der Waals surface area contributed by atoms with Gasteiger partial charge in [0, 0.05) is 5.56 Å². The number of para-hydroxylation sites is 2. The number of esters is 1. The second kappa shape index (κ2) is 8.09. The average Bonchev–Trinajstić information content (AvgIpc) is 3.25. The summed E-state index contributed by atoms with van der Waals surface area (Å²) in [4.78, 5) is 16.5. The van der Waals surface area contributed by atoms with Gasteiger partial charge >= 0.3 is 5.97 Å². The number of nitrogens with zero attached hydrogens (tertiary/aromatic N) is 2. The Bertz CT molecular complexity index is 1020. The number of aromatic nitrogens is 2. The number of carbonyl (C=O) groups excluding carboxylic acids is 1. The van der Waals surface area contributed by atoms with E-state index in [4.69, 9.17) is 28.2 Å². The molecule has 1 aliphatic rings. The number of carbonyl (C=O) groups is 1. The van der Waals surface area contributed by atoms with Crippen molar-refractivity contribution in [2.45, 2.75) is 12.7 Å². The highest BCUT2D eigenvalue weighted by Gasteiger charge is 2.29. The molecule has 3 aromatic rings. The van der Waals surface area contributed by atoms with Crippen molar-refractivity contribution < 1.29 is 33.0 Å². The molecule has 1 aliphatic heterocycles. The Kier molecular flexibility index (Phi) is 5.19. The first-order chi connectivity index (χ1) is 14.2. The van der Waals surface area contributed by atoms with Gasteiger partial charge in [0.2, 0.25) is 11.9 Å². The molecule has 9 heteroatoms. The van der Waals surface area contributed by atoms with E-state index in [1.165, 1.54) is 7.11 Å². The molecular formula is C20H18N2O7. The van der Waals surface area contributed by atoms with E-state index in [-0.39, 0.29) is 19.1 Å². The summed E-state index contributed by atoms with van der Waals surface area (Å²) in [6.07, 6.45) is -0.863. The Hall–Kier alpha value is -3.75. The van der Waals surface area contributed by atoms with Crippen LogP contribution in [0.5, 0.6) is 23.0 Å². The Labute approximate surface area is 166 Å². The molecule has 29 heavy (non-hydrogen) atoms. The summed E-state index contributed by atoms with van der Waals surface area (Å²) in [5.41, 5.74) is 0.671. The van der Waals surface area contributed by atoms with Crippen molar-refractivity contribution in [2.24, 2.45) is 0 Å². The summed E-state index contributed by atoms with van der Waals surface area (Å²) in [5.74, 6) is 2.12. The molecular weight excluding hydrogens is 380 g/mol. The number of benzene rings is 2. The molecule has 0 saturated carbocycles. The van der Waals surface area contributed by atoms with Gasteiger partial charge < -0.3 is 28.2 Å². The Morgan fingerprint density at radius 2 is 1.90 bits per heavy atom. The minimum absolute atomic E-state index is 0.0660. The second-order valence-electron chi connectivity index (χ2n) is 6.05. The van der Waals surface area contributed by atoms with Gasteiger partial charge in [0.1, 0.15) is 6.61 Å². The van der Waals surface area contributed by atoms with Crippen molar-refractivity contribution in [3.63, 3.8) is 0 Å². The first kappa shape index (κ1) is 18.6. The summed E-state index contributed by atoms with van der Waals surface area (Å²) in [6, 6.07) is 12.4. The highest BCUT2D eigenvalue weighted by molar-refractivity contribution is 5.76. The van der Waals surface area contributed by atoms with Crippen molar-refractivity contribution in [1.29, 1.82) is 0 Å². The van der Waals surface area contributed by atoms with Crippen LogP contribution in [-0.2, 0) is 16.1 Å². The Morgan fingerprint density at radius 3 is 2.69 bits per heavy atom. The first-order valence-electron chi connectivity index (χ1n) is 8.78. The van der Waals surface area contributed by atoms with Crippen LogP contribution in [0.3, 0.4) is 0 Å². The average molecular weight is 398 g/mol. The lowest BCUT2D eigenvalue weighted by Gasteiger charge is -2.24. The second-order valence-corrected chi connectivity index (χ2v) is 6.05. The number of rotatable bonds is 6. The van der Waals surface area contributed by atoms with Crippen LogP contribution < -0.4 is 18.9 Å². The third-order valence-electron chi connectivity index (χ3n) is 4.22. The summed E-state index contributed by atoms with van der Waals surface area (Å²) < 4.78 is 32.0. The lowest BCUT2D eigenvalue weighted by Crippen LogP contribution is -2.37. The highest BCUT2D eigenvalue weighted by atomic mass is 16.6. The number of fused-ring (bicyclic) bond motifs is 1. The van der Waals surface area contributed by atoms with Crippen molar-refractivity contribution in [3.05, 3.63) is 48.4 Å². The van der Waals surface area contributed by atoms with Crippen LogP contribution in [0.15, 0.2) is 47.0 Å². The maximum Gasteiger partial charge on any atom is 0.351 e. The molecule has 0 N–H and O–H groups in total. The van der Waals surface area contributed by atoms with Crippen molar-refractivity contribution >= 4 is 5.97 Å². The molecule has 1 unspecified atom stereocenters. The van der Waals surface area contributed by atoms with Gasteiger partial charge in [-0.25, -0.2) is 4.79 Å². The summed E-state index contributed by atoms with van der Waals surface area (Å²) in [7, 11) is 3.09. The van der Waals surface area contributed by atoms with Crippen LogP contribution >= 0.6 is 0 Å². The van der Waals surface area contributed by atoms with E-state index in [9.17, 15) is 4.79 Å². The zero-order valence-electron chi connectivity index (χ0n) is 15.8. The molecule has 0 amide bonds. The fraction of sp³-hybridized carbons (Fsp3) is 0.250. The molecule has 9 nitrogen and oxygen atoms in total. The molecule has 2 aromatic carbocycles. The minimum atomic E-state index is -0.863. The SMILES string of the molecule is COc1ccc(-c2noc(COC(=O)C3COc4ccccc4O3)n2)cc1OC. The van der Waals surface area contributed by atoms with E-state index in [1.54, 1.807) is 43.5 Å². The van der Waals surface area contributed by atoms with Crippen LogP contribution in [0, 0.1) is 0 Å². The number of hydrogen-bond donors (Lipinski definition) is 0. The summed E-state index contributed by atoms with van der Waals surface area (Å²) in [6.45, 7) is -0.114. The minimum Gasteiger partial charge on any atom is -0.493 e. The first-order valence-corrected chi connectivity index (χ1v) is 8.78. The van der Waals surface area contributed by atoms with Crippen LogP contribution in [0.25, 0.3) is 11.4 Å². The molecule has 150 valence electrons. The molecule has 0 radical (unpaired) electrons. The lowest BCUT2D eigenvalue weighted by molar-refractivity contribution is -0.156. The molecule has 1 aromatic heterocycles. The number of hydrogen-bond acceptors (Lipinski definition) is 9. The molecule has 0 fully saturated rings. The van der Waals surface area contributed by atoms with E-state index >= 15 is 0 Å². The van der Waals surface area contributed by atoms with Gasteiger partial charge in [-0.1, -0.05) is 17.3 Å². The maximum absolute atomic E-state index is 12.3. The molecule has 0 spiro atoms. The number of ether oxygens (including phenoxy) is 5. The molecule has 0 saturated heterocycles. The molecule has 0 bridgehead atoms. The Balaban J connectivity index is 1.38. The van der Waals surface area contributed by atoms with Gasteiger partial charge in [-0.15, -0.1) is 0 Å². The van der Waals surface area contributed by atoms with Gasteiger partial charge in [-0.2, -0.15) is 4.98 Å². The van der Waals surface area contributed by atoms with E-state index in [0.717, 1.165) is 0 Å². The van der Waals surface area contributed by atoms with E-state index < -0.39 is 12.1 Å². The quantitative estimate of drug-likeness (QED) is 0.580. The highest BCUT2D eigenvalue weighted by Crippen LogP contribution is 2.32. The van der Waals surface area contributed by atoms with E-state index in [0.29, 0.717) is 34.4 Å². The predicted octanol–water partition coefficient (Wildman–Crippen LogP) is 2.64. The third-order valence-corrected chi connectivity index (χ3v) is 4.22. The fourth-order valence-corrected chi connectivity index (χ4v) is 2.77. The smallest absolute Gasteiger partial charge is 0.351 e. The zero-order chi connectivity index (χ0) is 20.2. The van der Waals surface area contributed by atoms with E-state index in [2.05, 4.69) is 10.1 Å². The fourth-order valence-electron chi connectivity index (χ4n) is 2.77. The maximum atomic E-state index is 12.3. The lowest BCUT2D eigenvalue weighted by atomic mass is 10.2. The Morgan fingerprint density at radius 1 is 1.10 bits per heavy atom. The van der Waals surface area contributed by atoms with Crippen LogP contribution in [0.2, 0.25) is 0 Å². The summed E-state index contributed by atoms with van der Waals surface area (Å²) in [5, 5.41) is 3.91. The number of methoxy groups -OCH3 is 2. The van der Waals surface area contributed by atoms with Crippen molar-refractivity contribution in [1.82, 2.24) is 10.1 Å².